The monoisotopic (exact) mass is 435 g/mol. The Kier molecular flexibility index (Phi) is 5.79. The van der Waals surface area contributed by atoms with E-state index in [1.807, 2.05) is 42.5 Å². The number of rotatable bonds is 6. The van der Waals surface area contributed by atoms with Gasteiger partial charge in [0.25, 0.3) is 5.91 Å². The second-order valence-electron chi connectivity index (χ2n) is 7.72. The van der Waals surface area contributed by atoms with Crippen LogP contribution in [0.3, 0.4) is 0 Å². The zero-order chi connectivity index (χ0) is 21.9. The highest BCUT2D eigenvalue weighted by Gasteiger charge is 2.18. The molecule has 8 nitrogen and oxygen atoms in total. The summed E-state index contributed by atoms with van der Waals surface area (Å²) < 4.78 is 21.7. The normalized spacial score (nSPS) is 15.7. The first-order chi connectivity index (χ1) is 15.7. The quantitative estimate of drug-likeness (QED) is 0.638. The molecule has 0 unspecified atom stereocenters. The van der Waals surface area contributed by atoms with Crippen molar-refractivity contribution < 1.29 is 23.7 Å². The van der Waals surface area contributed by atoms with E-state index in [0.717, 1.165) is 49.3 Å². The largest absolute Gasteiger partial charge is 0.497 e. The summed E-state index contributed by atoms with van der Waals surface area (Å²) in [6.07, 6.45) is 0. The van der Waals surface area contributed by atoms with E-state index in [1.165, 1.54) is 0 Å². The van der Waals surface area contributed by atoms with Crippen molar-refractivity contribution in [3.63, 3.8) is 0 Å². The maximum Gasteiger partial charge on any atom is 0.252 e. The Balaban J connectivity index is 1.45. The molecule has 0 radical (unpaired) electrons. The summed E-state index contributed by atoms with van der Waals surface area (Å²) in [6, 6.07) is 13.1. The fraction of sp³-hybridized carbons (Fsp3) is 0.333. The lowest BCUT2D eigenvalue weighted by Crippen LogP contribution is -2.41. The predicted molar refractivity (Wildman–Crippen MR) is 119 cm³/mol. The number of nitrogens with one attached hydrogen (secondary N) is 1. The minimum Gasteiger partial charge on any atom is -0.497 e. The van der Waals surface area contributed by atoms with E-state index in [2.05, 4.69) is 10.2 Å². The van der Waals surface area contributed by atoms with Gasteiger partial charge in [-0.2, -0.15) is 0 Å². The van der Waals surface area contributed by atoms with E-state index in [-0.39, 0.29) is 12.7 Å². The standard InChI is InChI=1S/C24H25N3O5/c1-29-17-3-4-20-18(13-17)19(24(28)25-6-7-27-8-10-30-11-9-27)14-21(26-20)16-2-5-22-23(12-16)32-15-31-22/h2-5,12-14H,6-11,15H2,1H3,(H,25,28). The molecule has 1 saturated heterocycles. The molecule has 32 heavy (non-hydrogen) atoms. The maximum atomic E-state index is 13.2. The van der Waals surface area contributed by atoms with Crippen molar-refractivity contribution in [3.8, 4) is 28.5 Å². The van der Waals surface area contributed by atoms with E-state index in [4.69, 9.17) is 23.9 Å². The van der Waals surface area contributed by atoms with Gasteiger partial charge in [-0.1, -0.05) is 0 Å². The van der Waals surface area contributed by atoms with Crippen LogP contribution < -0.4 is 19.5 Å². The van der Waals surface area contributed by atoms with Crippen LogP contribution >= 0.6 is 0 Å². The Morgan fingerprint density at radius 1 is 1.09 bits per heavy atom. The zero-order valence-corrected chi connectivity index (χ0v) is 17.9. The first-order valence-corrected chi connectivity index (χ1v) is 10.7. The molecule has 1 amide bonds. The number of hydrogen-bond acceptors (Lipinski definition) is 7. The molecule has 1 N–H and O–H groups in total. The van der Waals surface area contributed by atoms with Gasteiger partial charge in [0.05, 0.1) is 37.1 Å². The molecule has 0 aliphatic carbocycles. The third kappa shape index (κ3) is 4.19. The van der Waals surface area contributed by atoms with Crippen LogP contribution in [0.4, 0.5) is 0 Å². The van der Waals surface area contributed by atoms with Gasteiger partial charge in [0.2, 0.25) is 6.79 Å². The summed E-state index contributed by atoms with van der Waals surface area (Å²) in [5, 5.41) is 3.81. The lowest BCUT2D eigenvalue weighted by molar-refractivity contribution is 0.0383. The number of ether oxygens (including phenoxy) is 4. The van der Waals surface area contributed by atoms with Crippen LogP contribution in [0.5, 0.6) is 17.2 Å². The molecule has 1 fully saturated rings. The van der Waals surface area contributed by atoms with E-state index in [0.29, 0.717) is 35.1 Å². The number of aromatic nitrogens is 1. The van der Waals surface area contributed by atoms with E-state index >= 15 is 0 Å². The Morgan fingerprint density at radius 2 is 1.94 bits per heavy atom. The molecule has 3 aromatic rings. The Morgan fingerprint density at radius 3 is 2.78 bits per heavy atom. The van der Waals surface area contributed by atoms with Gasteiger partial charge in [0.1, 0.15) is 5.75 Å². The molecule has 0 atom stereocenters. The van der Waals surface area contributed by atoms with E-state index in [1.54, 1.807) is 7.11 Å². The smallest absolute Gasteiger partial charge is 0.252 e. The van der Waals surface area contributed by atoms with Gasteiger partial charge in [0.15, 0.2) is 11.5 Å². The summed E-state index contributed by atoms with van der Waals surface area (Å²) in [4.78, 5) is 20.3. The third-order valence-corrected chi connectivity index (χ3v) is 5.75. The lowest BCUT2D eigenvalue weighted by Gasteiger charge is -2.26. The first kappa shape index (κ1) is 20.5. The van der Waals surface area contributed by atoms with Gasteiger partial charge in [-0.05, 0) is 42.5 Å². The number of carbonyl (C=O) groups excluding carboxylic acids is 1. The average Bonchev–Trinajstić information content (AvgIpc) is 3.31. The van der Waals surface area contributed by atoms with Crippen molar-refractivity contribution in [1.82, 2.24) is 15.2 Å². The van der Waals surface area contributed by atoms with Gasteiger partial charge in [-0.15, -0.1) is 0 Å². The topological polar surface area (TPSA) is 82.1 Å². The number of methoxy groups -OCH3 is 1. The zero-order valence-electron chi connectivity index (χ0n) is 17.9. The molecule has 166 valence electrons. The van der Waals surface area contributed by atoms with Crippen LogP contribution in [0.25, 0.3) is 22.2 Å². The van der Waals surface area contributed by atoms with E-state index < -0.39 is 0 Å². The van der Waals surface area contributed by atoms with Crippen molar-refractivity contribution in [2.45, 2.75) is 0 Å². The highest BCUT2D eigenvalue weighted by Crippen LogP contribution is 2.36. The molecule has 0 spiro atoms. The molecular formula is C24H25N3O5. The summed E-state index contributed by atoms with van der Waals surface area (Å²) in [7, 11) is 1.61. The first-order valence-electron chi connectivity index (χ1n) is 10.7. The van der Waals surface area contributed by atoms with Crippen molar-refractivity contribution in [3.05, 3.63) is 48.0 Å². The summed E-state index contributed by atoms with van der Waals surface area (Å²) in [6.45, 7) is 4.81. The van der Waals surface area contributed by atoms with Crippen LogP contribution in [-0.4, -0.2) is 69.1 Å². The molecule has 2 aliphatic rings. The number of fused-ring (bicyclic) bond motifs is 2. The molecule has 3 heterocycles. The van der Waals surface area contributed by atoms with Gasteiger partial charge in [-0.25, -0.2) is 4.98 Å². The highest BCUT2D eigenvalue weighted by molar-refractivity contribution is 6.07. The number of carbonyl (C=O) groups is 1. The predicted octanol–water partition coefficient (Wildman–Crippen LogP) is 2.70. The van der Waals surface area contributed by atoms with Crippen LogP contribution in [-0.2, 0) is 4.74 Å². The second kappa shape index (κ2) is 9.02. The summed E-state index contributed by atoms with van der Waals surface area (Å²) in [5.41, 5.74) is 2.83. The van der Waals surface area contributed by atoms with Crippen molar-refractivity contribution in [2.75, 3.05) is 53.3 Å². The third-order valence-electron chi connectivity index (χ3n) is 5.75. The van der Waals surface area contributed by atoms with Gasteiger partial charge in [0, 0.05) is 37.1 Å². The van der Waals surface area contributed by atoms with Crippen molar-refractivity contribution >= 4 is 16.8 Å². The van der Waals surface area contributed by atoms with Gasteiger partial charge in [-0.3, -0.25) is 9.69 Å². The summed E-state index contributed by atoms with van der Waals surface area (Å²) in [5.74, 6) is 1.93. The number of pyridine rings is 1. The number of benzene rings is 2. The van der Waals surface area contributed by atoms with Crippen molar-refractivity contribution in [2.24, 2.45) is 0 Å². The molecular weight excluding hydrogens is 410 g/mol. The molecule has 2 aromatic carbocycles. The number of morpholine rings is 1. The van der Waals surface area contributed by atoms with Crippen LogP contribution in [0.1, 0.15) is 10.4 Å². The SMILES string of the molecule is COc1ccc2nc(-c3ccc4c(c3)OCO4)cc(C(=O)NCCN3CCOCC3)c2c1. The fourth-order valence-corrected chi connectivity index (χ4v) is 3.97. The molecule has 1 aromatic heterocycles. The lowest BCUT2D eigenvalue weighted by atomic mass is 10.0. The second-order valence-corrected chi connectivity index (χ2v) is 7.72. The molecule has 0 saturated carbocycles. The Hall–Kier alpha value is -3.36. The highest BCUT2D eigenvalue weighted by atomic mass is 16.7. The number of hydrogen-bond donors (Lipinski definition) is 1. The summed E-state index contributed by atoms with van der Waals surface area (Å²) >= 11 is 0. The van der Waals surface area contributed by atoms with Crippen LogP contribution in [0.15, 0.2) is 42.5 Å². The minimum atomic E-state index is -0.138. The number of amides is 1. The maximum absolute atomic E-state index is 13.2. The van der Waals surface area contributed by atoms with E-state index in [9.17, 15) is 4.79 Å². The molecule has 8 heteroatoms. The number of nitrogens with zero attached hydrogens (tertiary/aromatic N) is 2. The van der Waals surface area contributed by atoms with Crippen LogP contribution in [0.2, 0.25) is 0 Å². The molecule has 2 aliphatic heterocycles. The molecule has 0 bridgehead atoms. The van der Waals surface area contributed by atoms with Gasteiger partial charge < -0.3 is 24.3 Å². The van der Waals surface area contributed by atoms with Gasteiger partial charge >= 0.3 is 0 Å². The van der Waals surface area contributed by atoms with Crippen LogP contribution in [0, 0.1) is 0 Å². The Bertz CT molecular complexity index is 1140. The average molecular weight is 435 g/mol. The molecule has 5 rings (SSSR count). The minimum absolute atomic E-state index is 0.138. The fourth-order valence-electron chi connectivity index (χ4n) is 3.97. The van der Waals surface area contributed by atoms with Crippen molar-refractivity contribution in [1.29, 1.82) is 0 Å². The Labute approximate surface area is 186 Å².